The molecule has 2 aliphatic heterocycles. The van der Waals surface area contributed by atoms with E-state index in [-0.39, 0.29) is 5.60 Å². The number of amidine groups is 1. The zero-order valence-corrected chi connectivity index (χ0v) is 12.3. The van der Waals surface area contributed by atoms with Gasteiger partial charge in [0, 0.05) is 17.9 Å². The lowest BCUT2D eigenvalue weighted by atomic mass is 9.94. The fourth-order valence-electron chi connectivity index (χ4n) is 3.37. The summed E-state index contributed by atoms with van der Waals surface area (Å²) in [6.45, 7) is 5.20. The van der Waals surface area contributed by atoms with Gasteiger partial charge in [-0.15, -0.1) is 0 Å². The van der Waals surface area contributed by atoms with Crippen molar-refractivity contribution in [1.82, 2.24) is 5.32 Å². The highest BCUT2D eigenvalue weighted by Crippen LogP contribution is 2.38. The van der Waals surface area contributed by atoms with Gasteiger partial charge in [-0.25, -0.2) is 0 Å². The van der Waals surface area contributed by atoms with Crippen LogP contribution in [-0.4, -0.2) is 34.7 Å². The third kappa shape index (κ3) is 2.69. The van der Waals surface area contributed by atoms with Crippen molar-refractivity contribution in [3.05, 3.63) is 0 Å². The summed E-state index contributed by atoms with van der Waals surface area (Å²) in [6, 6.07) is 0.445. The van der Waals surface area contributed by atoms with Gasteiger partial charge < -0.3 is 10.1 Å². The predicted octanol–water partition coefficient (Wildman–Crippen LogP) is 2.95. The average Bonchev–Trinajstić information content (AvgIpc) is 2.89. The minimum Gasteiger partial charge on any atom is -0.375 e. The maximum Gasteiger partial charge on any atom is 0.157 e. The third-order valence-corrected chi connectivity index (χ3v) is 5.57. The Kier molecular flexibility index (Phi) is 3.35. The van der Waals surface area contributed by atoms with Gasteiger partial charge in [0.15, 0.2) is 5.17 Å². The molecule has 1 saturated carbocycles. The summed E-state index contributed by atoms with van der Waals surface area (Å²) in [6.07, 6.45) is 7.54. The van der Waals surface area contributed by atoms with E-state index in [9.17, 15) is 0 Å². The number of thioether (sulfide) groups is 1. The molecule has 1 spiro atoms. The maximum absolute atomic E-state index is 5.76. The standard InChI is InChI=1S/C14H24N2OS/c1-13(2)9-11(5-8-17-13)15-12-16-14(10-18-12)6-3-4-7-14/h11H,3-10H2,1-2H3,(H,15,16). The maximum atomic E-state index is 5.76. The van der Waals surface area contributed by atoms with Gasteiger partial charge in [-0.2, -0.15) is 0 Å². The smallest absolute Gasteiger partial charge is 0.157 e. The monoisotopic (exact) mass is 268 g/mol. The van der Waals surface area contributed by atoms with E-state index in [1.807, 2.05) is 11.8 Å². The Morgan fingerprint density at radius 3 is 2.83 bits per heavy atom. The van der Waals surface area contributed by atoms with E-state index in [4.69, 9.17) is 9.73 Å². The summed E-state index contributed by atoms with van der Waals surface area (Å²) in [5.74, 6) is 1.22. The van der Waals surface area contributed by atoms with Crippen LogP contribution in [0.4, 0.5) is 0 Å². The van der Waals surface area contributed by atoms with Crippen molar-refractivity contribution in [1.29, 1.82) is 0 Å². The van der Waals surface area contributed by atoms with Gasteiger partial charge in [-0.3, -0.25) is 4.99 Å². The molecule has 3 nitrogen and oxygen atoms in total. The minimum absolute atomic E-state index is 0.00128. The van der Waals surface area contributed by atoms with E-state index in [1.54, 1.807) is 0 Å². The molecule has 0 amide bonds. The second-order valence-corrected chi connectivity index (χ2v) is 7.55. The van der Waals surface area contributed by atoms with Crippen LogP contribution < -0.4 is 5.32 Å². The fourth-order valence-corrected chi connectivity index (χ4v) is 4.66. The van der Waals surface area contributed by atoms with E-state index in [1.165, 1.54) is 36.6 Å². The van der Waals surface area contributed by atoms with Crippen LogP contribution in [0.5, 0.6) is 0 Å². The first-order valence-corrected chi connectivity index (χ1v) is 8.18. The Bertz CT molecular complexity index is 348. The number of nitrogens with zero attached hydrogens (tertiary/aromatic N) is 1. The van der Waals surface area contributed by atoms with E-state index < -0.39 is 0 Å². The van der Waals surface area contributed by atoms with E-state index in [0.29, 0.717) is 11.6 Å². The van der Waals surface area contributed by atoms with Crippen LogP contribution in [0.1, 0.15) is 52.4 Å². The first-order valence-electron chi connectivity index (χ1n) is 7.20. The quantitative estimate of drug-likeness (QED) is 0.794. The van der Waals surface area contributed by atoms with E-state index >= 15 is 0 Å². The van der Waals surface area contributed by atoms with Gasteiger partial charge in [0.2, 0.25) is 0 Å². The molecule has 1 atom stereocenters. The van der Waals surface area contributed by atoms with Gasteiger partial charge in [-0.05, 0) is 39.5 Å². The van der Waals surface area contributed by atoms with Crippen molar-refractivity contribution in [2.75, 3.05) is 12.4 Å². The number of hydrogen-bond acceptors (Lipinski definition) is 3. The molecule has 2 heterocycles. The van der Waals surface area contributed by atoms with Crippen LogP contribution in [0.2, 0.25) is 0 Å². The second-order valence-electron chi connectivity index (χ2n) is 6.59. The van der Waals surface area contributed by atoms with Gasteiger partial charge >= 0.3 is 0 Å². The van der Waals surface area contributed by atoms with Crippen LogP contribution >= 0.6 is 11.8 Å². The number of hydrogen-bond donors (Lipinski definition) is 1. The zero-order valence-electron chi connectivity index (χ0n) is 11.5. The predicted molar refractivity (Wildman–Crippen MR) is 77.3 cm³/mol. The van der Waals surface area contributed by atoms with Crippen LogP contribution in [-0.2, 0) is 4.74 Å². The molecule has 1 unspecified atom stereocenters. The molecule has 0 radical (unpaired) electrons. The highest BCUT2D eigenvalue weighted by atomic mass is 32.2. The average molecular weight is 268 g/mol. The normalized spacial score (nSPS) is 36.1. The molecule has 4 heteroatoms. The molecule has 0 aromatic rings. The second kappa shape index (κ2) is 4.71. The van der Waals surface area contributed by atoms with Crippen molar-refractivity contribution >= 4 is 16.9 Å². The van der Waals surface area contributed by atoms with Crippen molar-refractivity contribution in [3.63, 3.8) is 0 Å². The molecule has 0 aromatic carbocycles. The van der Waals surface area contributed by atoms with Gasteiger partial charge in [0.05, 0.1) is 11.6 Å². The van der Waals surface area contributed by atoms with Gasteiger partial charge in [0.1, 0.15) is 0 Å². The highest BCUT2D eigenvalue weighted by molar-refractivity contribution is 8.14. The largest absolute Gasteiger partial charge is 0.375 e. The summed E-state index contributed by atoms with van der Waals surface area (Å²) >= 11 is 1.93. The Morgan fingerprint density at radius 1 is 1.33 bits per heavy atom. The number of rotatable bonds is 1. The van der Waals surface area contributed by atoms with Crippen molar-refractivity contribution in [3.8, 4) is 0 Å². The molecule has 1 aliphatic carbocycles. The first-order chi connectivity index (χ1) is 8.57. The molecule has 18 heavy (non-hydrogen) atoms. The molecular formula is C14H24N2OS. The third-order valence-electron chi connectivity index (χ3n) is 4.39. The molecule has 3 fully saturated rings. The van der Waals surface area contributed by atoms with E-state index in [2.05, 4.69) is 19.2 Å². The SMILES string of the molecule is CC1(C)CC(N=C2NC3(CCCC3)CS2)CCO1. The van der Waals surface area contributed by atoms with Gasteiger partial charge in [-0.1, -0.05) is 24.6 Å². The van der Waals surface area contributed by atoms with Crippen LogP contribution in [0, 0.1) is 0 Å². The Morgan fingerprint density at radius 2 is 2.11 bits per heavy atom. The summed E-state index contributed by atoms with van der Waals surface area (Å²) < 4.78 is 5.76. The van der Waals surface area contributed by atoms with Crippen LogP contribution in [0.15, 0.2) is 4.99 Å². The molecule has 3 rings (SSSR count). The highest BCUT2D eigenvalue weighted by Gasteiger charge is 2.40. The summed E-state index contributed by atoms with van der Waals surface area (Å²) in [5.41, 5.74) is 0.394. The molecule has 3 aliphatic rings. The number of ether oxygens (including phenoxy) is 1. The molecule has 0 bridgehead atoms. The molecule has 2 saturated heterocycles. The van der Waals surface area contributed by atoms with Crippen LogP contribution in [0.3, 0.4) is 0 Å². The number of aliphatic imine (C=N–C) groups is 1. The van der Waals surface area contributed by atoms with Crippen molar-refractivity contribution in [2.45, 2.75) is 69.6 Å². The Balaban J connectivity index is 1.63. The lowest BCUT2D eigenvalue weighted by Crippen LogP contribution is -2.41. The lowest BCUT2D eigenvalue weighted by molar-refractivity contribution is -0.0575. The lowest BCUT2D eigenvalue weighted by Gasteiger charge is -2.33. The minimum atomic E-state index is 0.00128. The zero-order chi connectivity index (χ0) is 12.6. The first kappa shape index (κ1) is 12.8. The molecule has 0 aromatic heterocycles. The Labute approximate surface area is 114 Å². The van der Waals surface area contributed by atoms with Crippen molar-refractivity contribution < 1.29 is 4.74 Å². The summed E-state index contributed by atoms with van der Waals surface area (Å²) in [4.78, 5) is 4.94. The summed E-state index contributed by atoms with van der Waals surface area (Å²) in [5, 5.41) is 4.91. The molecular weight excluding hydrogens is 244 g/mol. The van der Waals surface area contributed by atoms with Crippen molar-refractivity contribution in [2.24, 2.45) is 4.99 Å². The Hall–Kier alpha value is -0.220. The molecule has 1 N–H and O–H groups in total. The van der Waals surface area contributed by atoms with E-state index in [0.717, 1.165) is 19.4 Å². The fraction of sp³-hybridized carbons (Fsp3) is 0.929. The molecule has 102 valence electrons. The van der Waals surface area contributed by atoms with Crippen LogP contribution in [0.25, 0.3) is 0 Å². The van der Waals surface area contributed by atoms with Gasteiger partial charge in [0.25, 0.3) is 0 Å². The number of nitrogens with one attached hydrogen (secondary N) is 1. The summed E-state index contributed by atoms with van der Waals surface area (Å²) in [7, 11) is 0. The topological polar surface area (TPSA) is 33.6 Å².